The lowest BCUT2D eigenvalue weighted by atomic mass is 10.0. The summed E-state index contributed by atoms with van der Waals surface area (Å²) in [5, 5.41) is 0. The van der Waals surface area contributed by atoms with Gasteiger partial charge >= 0.3 is 0 Å². The second-order valence-corrected chi connectivity index (χ2v) is 7.57. The summed E-state index contributed by atoms with van der Waals surface area (Å²) in [6, 6.07) is 14.7. The third kappa shape index (κ3) is 4.99. The van der Waals surface area contributed by atoms with Crippen LogP contribution >= 0.6 is 0 Å². The van der Waals surface area contributed by atoms with Gasteiger partial charge in [-0.1, -0.05) is 37.3 Å². The van der Waals surface area contributed by atoms with Gasteiger partial charge in [0.15, 0.2) is 11.5 Å². The molecule has 7 heteroatoms. The number of ether oxygens (including phenoxy) is 2. The molecular weight excluding hydrogens is 394 g/mol. The van der Waals surface area contributed by atoms with Crippen molar-refractivity contribution in [3.63, 3.8) is 0 Å². The Morgan fingerprint density at radius 3 is 2.13 bits per heavy atom. The van der Waals surface area contributed by atoms with E-state index in [2.05, 4.69) is 4.90 Å². The fourth-order valence-electron chi connectivity index (χ4n) is 3.86. The molecule has 0 saturated carbocycles. The molecule has 1 saturated heterocycles. The molecule has 2 aromatic carbocycles. The van der Waals surface area contributed by atoms with Crippen LogP contribution in [0.5, 0.6) is 11.5 Å². The zero-order valence-corrected chi connectivity index (χ0v) is 18.7. The Morgan fingerprint density at radius 1 is 0.935 bits per heavy atom. The van der Waals surface area contributed by atoms with E-state index in [-0.39, 0.29) is 17.9 Å². The van der Waals surface area contributed by atoms with Gasteiger partial charge in [0.1, 0.15) is 6.04 Å². The van der Waals surface area contributed by atoms with Crippen molar-refractivity contribution in [2.24, 2.45) is 0 Å². The van der Waals surface area contributed by atoms with E-state index in [4.69, 9.17) is 9.47 Å². The molecule has 1 atom stereocenters. The summed E-state index contributed by atoms with van der Waals surface area (Å²) in [6.07, 6.45) is 0. The summed E-state index contributed by atoms with van der Waals surface area (Å²) < 4.78 is 10.6. The van der Waals surface area contributed by atoms with E-state index >= 15 is 0 Å². The van der Waals surface area contributed by atoms with Crippen molar-refractivity contribution in [2.75, 3.05) is 54.0 Å². The van der Waals surface area contributed by atoms with Crippen molar-refractivity contribution >= 4 is 11.8 Å². The molecule has 0 aromatic heterocycles. The summed E-state index contributed by atoms with van der Waals surface area (Å²) in [6.45, 7) is 4.83. The largest absolute Gasteiger partial charge is 0.493 e. The Hall–Kier alpha value is -3.06. The highest BCUT2D eigenvalue weighted by Gasteiger charge is 2.32. The van der Waals surface area contributed by atoms with Crippen LogP contribution in [0.3, 0.4) is 0 Å². The van der Waals surface area contributed by atoms with Gasteiger partial charge in [-0.2, -0.15) is 0 Å². The number of likely N-dealkylation sites (N-methyl/N-ethyl adjacent to an activating group) is 1. The number of benzene rings is 2. The van der Waals surface area contributed by atoms with Crippen LogP contribution in [0.4, 0.5) is 0 Å². The first-order chi connectivity index (χ1) is 15.0. The normalized spacial score (nSPS) is 15.0. The van der Waals surface area contributed by atoms with Gasteiger partial charge in [0, 0.05) is 31.7 Å². The van der Waals surface area contributed by atoms with E-state index in [0.717, 1.165) is 12.1 Å². The zero-order chi connectivity index (χ0) is 22.4. The molecule has 166 valence electrons. The Bertz CT molecular complexity index is 895. The monoisotopic (exact) mass is 425 g/mol. The van der Waals surface area contributed by atoms with Crippen LogP contribution in [-0.4, -0.2) is 80.5 Å². The fourth-order valence-corrected chi connectivity index (χ4v) is 3.86. The van der Waals surface area contributed by atoms with E-state index in [0.29, 0.717) is 43.2 Å². The van der Waals surface area contributed by atoms with E-state index in [9.17, 15) is 9.59 Å². The first-order valence-electron chi connectivity index (χ1n) is 10.5. The maximum Gasteiger partial charge on any atom is 0.254 e. The first kappa shape index (κ1) is 22.6. The van der Waals surface area contributed by atoms with Gasteiger partial charge in [-0.05, 0) is 37.4 Å². The number of hydrogen-bond donors (Lipinski definition) is 0. The highest BCUT2D eigenvalue weighted by atomic mass is 16.5. The van der Waals surface area contributed by atoms with Crippen molar-refractivity contribution in [3.05, 3.63) is 59.7 Å². The van der Waals surface area contributed by atoms with Crippen molar-refractivity contribution in [1.29, 1.82) is 0 Å². The second-order valence-electron chi connectivity index (χ2n) is 7.57. The topological polar surface area (TPSA) is 62.3 Å². The Labute approximate surface area is 184 Å². The van der Waals surface area contributed by atoms with Crippen LogP contribution in [0.1, 0.15) is 28.9 Å². The number of rotatable bonds is 7. The summed E-state index contributed by atoms with van der Waals surface area (Å²) in [5.74, 6) is 1.11. The molecule has 1 heterocycles. The van der Waals surface area contributed by atoms with E-state index < -0.39 is 0 Å². The molecule has 1 aliphatic heterocycles. The molecule has 0 bridgehead atoms. The number of methoxy groups -OCH3 is 2. The quantitative estimate of drug-likeness (QED) is 0.683. The van der Waals surface area contributed by atoms with E-state index in [1.165, 1.54) is 0 Å². The minimum Gasteiger partial charge on any atom is -0.493 e. The zero-order valence-electron chi connectivity index (χ0n) is 18.7. The average Bonchev–Trinajstić information content (AvgIpc) is 2.83. The molecule has 2 amide bonds. The van der Waals surface area contributed by atoms with Gasteiger partial charge in [0.25, 0.3) is 5.91 Å². The Balaban J connectivity index is 1.68. The van der Waals surface area contributed by atoms with E-state index in [1.807, 2.05) is 49.2 Å². The van der Waals surface area contributed by atoms with Crippen molar-refractivity contribution in [2.45, 2.75) is 13.0 Å². The van der Waals surface area contributed by atoms with Crippen LogP contribution < -0.4 is 9.47 Å². The maximum atomic E-state index is 13.4. The molecule has 3 rings (SSSR count). The number of hydrogen-bond acceptors (Lipinski definition) is 5. The lowest BCUT2D eigenvalue weighted by Crippen LogP contribution is -2.53. The average molecular weight is 426 g/mol. The summed E-state index contributed by atoms with van der Waals surface area (Å²) >= 11 is 0. The first-order valence-corrected chi connectivity index (χ1v) is 10.5. The maximum absolute atomic E-state index is 13.4. The predicted molar refractivity (Wildman–Crippen MR) is 120 cm³/mol. The number of carbonyl (C=O) groups excluding carboxylic acids is 2. The summed E-state index contributed by atoms with van der Waals surface area (Å²) in [7, 11) is 5.08. The molecule has 7 nitrogen and oxygen atoms in total. The van der Waals surface area contributed by atoms with Crippen LogP contribution in [0.2, 0.25) is 0 Å². The van der Waals surface area contributed by atoms with Crippen LogP contribution in [0.25, 0.3) is 0 Å². The molecule has 0 spiro atoms. The Morgan fingerprint density at radius 2 is 1.55 bits per heavy atom. The molecule has 1 unspecified atom stereocenters. The lowest BCUT2D eigenvalue weighted by molar-refractivity contribution is -0.138. The number of carbonyl (C=O) groups is 2. The number of nitrogens with zero attached hydrogens (tertiary/aromatic N) is 3. The molecule has 0 radical (unpaired) electrons. The molecule has 0 aliphatic carbocycles. The van der Waals surface area contributed by atoms with E-state index in [1.54, 1.807) is 37.3 Å². The minimum absolute atomic E-state index is 0.0710. The summed E-state index contributed by atoms with van der Waals surface area (Å²) in [5.41, 5.74) is 1.53. The molecular formula is C24H31N3O4. The highest BCUT2D eigenvalue weighted by molar-refractivity contribution is 5.95. The molecule has 2 aromatic rings. The molecule has 31 heavy (non-hydrogen) atoms. The van der Waals surface area contributed by atoms with Crippen LogP contribution in [0, 0.1) is 0 Å². The Kier molecular flexibility index (Phi) is 7.52. The van der Waals surface area contributed by atoms with Crippen molar-refractivity contribution in [1.82, 2.24) is 14.7 Å². The number of amides is 2. The standard InChI is InChI=1S/C24H31N3O4/c1-5-25(2)22(18-9-7-6-8-10-18)24(29)27-15-13-26(14-16-27)23(28)19-11-12-20(30-3)21(17-19)31-4/h6-12,17,22H,5,13-16H2,1-4H3. The lowest BCUT2D eigenvalue weighted by Gasteiger charge is -2.38. The van der Waals surface area contributed by atoms with Gasteiger partial charge in [0.2, 0.25) is 5.91 Å². The van der Waals surface area contributed by atoms with Gasteiger partial charge in [-0.15, -0.1) is 0 Å². The van der Waals surface area contributed by atoms with Crippen LogP contribution in [-0.2, 0) is 4.79 Å². The van der Waals surface area contributed by atoms with Crippen molar-refractivity contribution < 1.29 is 19.1 Å². The van der Waals surface area contributed by atoms with Gasteiger partial charge < -0.3 is 19.3 Å². The van der Waals surface area contributed by atoms with Crippen LogP contribution in [0.15, 0.2) is 48.5 Å². The fraction of sp³-hybridized carbons (Fsp3) is 0.417. The third-order valence-corrected chi connectivity index (χ3v) is 5.80. The van der Waals surface area contributed by atoms with Crippen molar-refractivity contribution in [3.8, 4) is 11.5 Å². The predicted octanol–water partition coefficient (Wildman–Crippen LogP) is 2.68. The molecule has 1 fully saturated rings. The smallest absolute Gasteiger partial charge is 0.254 e. The van der Waals surface area contributed by atoms with Gasteiger partial charge in [-0.25, -0.2) is 0 Å². The minimum atomic E-state index is -0.320. The second kappa shape index (κ2) is 10.3. The summed E-state index contributed by atoms with van der Waals surface area (Å²) in [4.78, 5) is 32.0. The molecule has 0 N–H and O–H groups in total. The SMILES string of the molecule is CCN(C)C(C(=O)N1CCN(C(=O)c2ccc(OC)c(OC)c2)CC1)c1ccccc1. The number of piperazine rings is 1. The van der Waals surface area contributed by atoms with Gasteiger partial charge in [-0.3, -0.25) is 14.5 Å². The third-order valence-electron chi connectivity index (χ3n) is 5.80. The molecule has 1 aliphatic rings. The van der Waals surface area contributed by atoms with Gasteiger partial charge in [0.05, 0.1) is 14.2 Å². The highest BCUT2D eigenvalue weighted by Crippen LogP contribution is 2.28.